The van der Waals surface area contributed by atoms with Crippen molar-refractivity contribution in [3.05, 3.63) is 62.5 Å². The van der Waals surface area contributed by atoms with Crippen molar-refractivity contribution in [2.24, 2.45) is 0 Å². The van der Waals surface area contributed by atoms with E-state index < -0.39 is 5.97 Å². The van der Waals surface area contributed by atoms with Crippen molar-refractivity contribution in [1.82, 2.24) is 9.38 Å². The number of fused-ring (bicyclic) bond motifs is 3. The molecule has 0 amide bonds. The van der Waals surface area contributed by atoms with Crippen molar-refractivity contribution in [2.75, 3.05) is 6.61 Å². The minimum Gasteiger partial charge on any atom is -0.482 e. The first-order valence-corrected chi connectivity index (χ1v) is 9.77. The summed E-state index contributed by atoms with van der Waals surface area (Å²) in [6, 6.07) is 9.86. The summed E-state index contributed by atoms with van der Waals surface area (Å²) in [6.07, 6.45) is 4.11. The van der Waals surface area contributed by atoms with Gasteiger partial charge in [-0.25, -0.2) is 9.78 Å². The van der Waals surface area contributed by atoms with Crippen molar-refractivity contribution in [3.8, 4) is 11.8 Å². The van der Waals surface area contributed by atoms with Crippen molar-refractivity contribution >= 4 is 22.3 Å². The molecule has 0 bridgehead atoms. The van der Waals surface area contributed by atoms with E-state index in [1.165, 1.54) is 22.3 Å². The molecule has 0 spiro atoms. The molecule has 2 aromatic heterocycles. The van der Waals surface area contributed by atoms with Gasteiger partial charge in [0.15, 0.2) is 11.6 Å². The predicted octanol–water partition coefficient (Wildman–Crippen LogP) is 2.63. The third-order valence-corrected chi connectivity index (χ3v) is 5.68. The largest absolute Gasteiger partial charge is 0.482 e. The number of thiazole rings is 1. The number of hydrogen-bond donors (Lipinski definition) is 0. The maximum absolute atomic E-state index is 12.5. The number of aryl methyl sites for hydroxylation is 2. The Kier molecular flexibility index (Phi) is 5.08. The van der Waals surface area contributed by atoms with Gasteiger partial charge in [0.25, 0.3) is 5.56 Å². The zero-order valence-corrected chi connectivity index (χ0v) is 15.8. The van der Waals surface area contributed by atoms with E-state index in [1.807, 2.05) is 6.07 Å². The molecule has 4 rings (SSSR count). The van der Waals surface area contributed by atoms with Crippen LogP contribution in [0, 0.1) is 11.3 Å². The first-order chi connectivity index (χ1) is 13.6. The number of rotatable bonds is 5. The van der Waals surface area contributed by atoms with Crippen molar-refractivity contribution in [1.29, 1.82) is 5.26 Å². The highest BCUT2D eigenvalue weighted by Crippen LogP contribution is 2.28. The molecule has 3 aromatic rings. The third kappa shape index (κ3) is 3.75. The van der Waals surface area contributed by atoms with E-state index in [1.54, 1.807) is 28.7 Å². The lowest BCUT2D eigenvalue weighted by atomic mass is 10.0. The van der Waals surface area contributed by atoms with Crippen LogP contribution in [0.3, 0.4) is 0 Å². The topological polar surface area (TPSA) is 93.7 Å². The van der Waals surface area contributed by atoms with Crippen molar-refractivity contribution < 1.29 is 14.3 Å². The number of benzene rings is 1. The first kappa shape index (κ1) is 18.2. The molecule has 1 aliphatic carbocycles. The lowest BCUT2D eigenvalue weighted by Crippen LogP contribution is -2.19. The highest BCUT2D eigenvalue weighted by molar-refractivity contribution is 7.17. The Morgan fingerprint density at radius 1 is 1.25 bits per heavy atom. The van der Waals surface area contributed by atoms with Crippen LogP contribution in [0.5, 0.6) is 5.75 Å². The molecule has 0 atom stereocenters. The second-order valence-corrected chi connectivity index (χ2v) is 7.53. The minimum atomic E-state index is -0.558. The number of carbonyl (C=O) groups is 1. The van der Waals surface area contributed by atoms with Gasteiger partial charge >= 0.3 is 5.97 Å². The van der Waals surface area contributed by atoms with Gasteiger partial charge in [-0.2, -0.15) is 5.26 Å². The van der Waals surface area contributed by atoms with Gasteiger partial charge in [0.2, 0.25) is 0 Å². The molecule has 7 nitrogen and oxygen atoms in total. The van der Waals surface area contributed by atoms with Crippen molar-refractivity contribution in [3.63, 3.8) is 0 Å². The molecule has 0 N–H and O–H groups in total. The van der Waals surface area contributed by atoms with Gasteiger partial charge in [0, 0.05) is 16.6 Å². The second-order valence-electron chi connectivity index (χ2n) is 6.47. The van der Waals surface area contributed by atoms with Crippen LogP contribution in [-0.4, -0.2) is 22.0 Å². The van der Waals surface area contributed by atoms with Gasteiger partial charge in [-0.3, -0.25) is 9.20 Å². The molecule has 28 heavy (non-hydrogen) atoms. The van der Waals surface area contributed by atoms with Gasteiger partial charge in [0.1, 0.15) is 12.4 Å². The number of aromatic nitrogens is 2. The smallest absolute Gasteiger partial charge is 0.344 e. The summed E-state index contributed by atoms with van der Waals surface area (Å²) in [4.78, 5) is 30.8. The van der Waals surface area contributed by atoms with Gasteiger partial charge in [0.05, 0.1) is 17.3 Å². The molecule has 0 radical (unpaired) electrons. The Morgan fingerprint density at radius 2 is 2.04 bits per heavy atom. The summed E-state index contributed by atoms with van der Waals surface area (Å²) in [7, 11) is 0. The van der Waals surface area contributed by atoms with Crippen LogP contribution in [0.25, 0.3) is 4.96 Å². The fraction of sp³-hybridized carbons (Fsp3) is 0.300. The van der Waals surface area contributed by atoms with Crippen LogP contribution in [0.4, 0.5) is 0 Å². The summed E-state index contributed by atoms with van der Waals surface area (Å²) in [5.74, 6) is -0.0882. The van der Waals surface area contributed by atoms with E-state index in [-0.39, 0.29) is 18.8 Å². The average Bonchev–Trinajstić information content (AvgIpc) is 3.10. The minimum absolute atomic E-state index is 0.0795. The average molecular weight is 395 g/mol. The zero-order chi connectivity index (χ0) is 19.5. The predicted molar refractivity (Wildman–Crippen MR) is 102 cm³/mol. The van der Waals surface area contributed by atoms with E-state index >= 15 is 0 Å². The number of nitriles is 1. The standard InChI is InChI=1S/C20H17N3O4S/c21-10-13-5-7-15(8-6-13)26-12-19(25)27-11-14-9-18(24)23-16-3-1-2-4-17(16)28-20(23)22-14/h5-9H,1-4,11-12H2. The Morgan fingerprint density at radius 3 is 2.82 bits per heavy atom. The maximum atomic E-state index is 12.5. The Labute approximate surface area is 164 Å². The molecule has 0 saturated carbocycles. The van der Waals surface area contributed by atoms with Gasteiger partial charge in [-0.05, 0) is 49.9 Å². The highest BCUT2D eigenvalue weighted by atomic mass is 32.1. The van der Waals surface area contributed by atoms with Crippen molar-refractivity contribution in [2.45, 2.75) is 32.3 Å². The molecule has 1 aliphatic rings. The normalized spacial score (nSPS) is 13.0. The highest BCUT2D eigenvalue weighted by Gasteiger charge is 2.18. The number of ether oxygens (including phenoxy) is 2. The molecule has 0 fully saturated rings. The lowest BCUT2D eigenvalue weighted by Gasteiger charge is -2.10. The van der Waals surface area contributed by atoms with Crippen LogP contribution < -0.4 is 10.3 Å². The molecule has 142 valence electrons. The lowest BCUT2D eigenvalue weighted by molar-refractivity contribution is -0.147. The fourth-order valence-electron chi connectivity index (χ4n) is 3.18. The summed E-state index contributed by atoms with van der Waals surface area (Å²) < 4.78 is 12.2. The summed E-state index contributed by atoms with van der Waals surface area (Å²) >= 11 is 1.54. The van der Waals surface area contributed by atoms with Crippen LogP contribution in [0.15, 0.2) is 35.1 Å². The van der Waals surface area contributed by atoms with Crippen LogP contribution >= 0.6 is 11.3 Å². The van der Waals surface area contributed by atoms with E-state index in [0.717, 1.165) is 31.4 Å². The van der Waals surface area contributed by atoms with E-state index in [4.69, 9.17) is 14.7 Å². The quantitative estimate of drug-likeness (QED) is 0.617. The fourth-order valence-corrected chi connectivity index (χ4v) is 4.41. The Bertz CT molecular complexity index is 1130. The number of carbonyl (C=O) groups excluding carboxylic acids is 1. The molecular formula is C20H17N3O4S. The second kappa shape index (κ2) is 7.82. The van der Waals surface area contributed by atoms with Crippen LogP contribution in [0.1, 0.15) is 34.7 Å². The molecule has 0 aliphatic heterocycles. The third-order valence-electron chi connectivity index (χ3n) is 4.54. The Balaban J connectivity index is 1.39. The van der Waals surface area contributed by atoms with E-state index in [2.05, 4.69) is 4.98 Å². The van der Waals surface area contributed by atoms with Crippen LogP contribution in [0.2, 0.25) is 0 Å². The molecule has 1 aromatic carbocycles. The summed E-state index contributed by atoms with van der Waals surface area (Å²) in [6.45, 7) is -0.343. The molecule has 2 heterocycles. The van der Waals surface area contributed by atoms with E-state index in [0.29, 0.717) is 22.0 Å². The summed E-state index contributed by atoms with van der Waals surface area (Å²) in [5, 5.41) is 8.76. The van der Waals surface area contributed by atoms with Crippen LogP contribution in [-0.2, 0) is 29.0 Å². The first-order valence-electron chi connectivity index (χ1n) is 8.96. The maximum Gasteiger partial charge on any atom is 0.344 e. The molecular weight excluding hydrogens is 378 g/mol. The number of nitrogens with zero attached hydrogens (tertiary/aromatic N) is 3. The number of esters is 1. The SMILES string of the molecule is N#Cc1ccc(OCC(=O)OCc2cc(=O)n3c4c(sc3n2)CCCC4)cc1. The van der Waals surface area contributed by atoms with Gasteiger partial charge in [-0.15, -0.1) is 11.3 Å². The Hall–Kier alpha value is -3.18. The number of hydrogen-bond acceptors (Lipinski definition) is 7. The molecule has 0 saturated heterocycles. The zero-order valence-electron chi connectivity index (χ0n) is 15.0. The molecule has 8 heteroatoms. The van der Waals surface area contributed by atoms with Gasteiger partial charge < -0.3 is 9.47 Å². The van der Waals surface area contributed by atoms with Gasteiger partial charge in [-0.1, -0.05) is 0 Å². The van der Waals surface area contributed by atoms with E-state index in [9.17, 15) is 9.59 Å². The molecule has 0 unspecified atom stereocenters. The monoisotopic (exact) mass is 395 g/mol. The summed E-state index contributed by atoms with van der Waals surface area (Å²) in [5.41, 5.74) is 1.88.